The first-order valence-corrected chi connectivity index (χ1v) is 6.66. The summed E-state index contributed by atoms with van der Waals surface area (Å²) in [6.07, 6.45) is 1.80. The molecule has 6 nitrogen and oxygen atoms in total. The van der Waals surface area contributed by atoms with E-state index in [-0.39, 0.29) is 0 Å². The minimum absolute atomic E-state index is 0.407. The highest BCUT2D eigenvalue weighted by Crippen LogP contribution is 2.16. The van der Waals surface area contributed by atoms with Crippen LogP contribution in [0, 0.1) is 11.3 Å². The van der Waals surface area contributed by atoms with Gasteiger partial charge in [0.25, 0.3) is 0 Å². The largest absolute Gasteiger partial charge is 0.368 e. The second-order valence-electron chi connectivity index (χ2n) is 4.63. The molecule has 0 aliphatic heterocycles. The van der Waals surface area contributed by atoms with Gasteiger partial charge >= 0.3 is 6.03 Å². The molecule has 0 saturated heterocycles. The van der Waals surface area contributed by atoms with Crippen LogP contribution in [-0.4, -0.2) is 23.0 Å². The zero-order valence-electron chi connectivity index (χ0n) is 12.2. The molecule has 0 rings (SSSR count). The van der Waals surface area contributed by atoms with Crippen LogP contribution in [0.4, 0.5) is 4.79 Å². The Kier molecular flexibility index (Phi) is 6.33. The summed E-state index contributed by atoms with van der Waals surface area (Å²) < 4.78 is 0. The maximum atomic E-state index is 12.0. The lowest BCUT2D eigenvalue weighted by Crippen LogP contribution is -2.61. The maximum absolute atomic E-state index is 12.0. The van der Waals surface area contributed by atoms with E-state index in [1.54, 1.807) is 13.8 Å². The van der Waals surface area contributed by atoms with Crippen LogP contribution in [-0.2, 0) is 4.79 Å². The quantitative estimate of drug-likeness (QED) is 0.649. The van der Waals surface area contributed by atoms with Gasteiger partial charge in [0.15, 0.2) is 0 Å². The number of nitrogens with one attached hydrogen (secondary N) is 2. The molecular formula is C13H24N4O2. The van der Waals surface area contributed by atoms with E-state index >= 15 is 0 Å². The van der Waals surface area contributed by atoms with E-state index in [1.807, 2.05) is 13.8 Å². The van der Waals surface area contributed by atoms with E-state index in [9.17, 15) is 9.59 Å². The highest BCUT2D eigenvalue weighted by Gasteiger charge is 2.36. The van der Waals surface area contributed by atoms with Gasteiger partial charge in [-0.15, -0.1) is 0 Å². The van der Waals surface area contributed by atoms with Crippen molar-refractivity contribution >= 4 is 11.9 Å². The summed E-state index contributed by atoms with van der Waals surface area (Å²) in [6, 6.07) is 1.57. The van der Waals surface area contributed by atoms with E-state index in [2.05, 4.69) is 16.7 Å². The van der Waals surface area contributed by atoms with Crippen molar-refractivity contribution in [1.29, 1.82) is 5.26 Å². The fourth-order valence-electron chi connectivity index (χ4n) is 1.92. The van der Waals surface area contributed by atoms with Crippen molar-refractivity contribution in [2.75, 3.05) is 0 Å². The van der Waals surface area contributed by atoms with Gasteiger partial charge in [-0.05, 0) is 25.7 Å². The second kappa shape index (κ2) is 6.98. The average Bonchev–Trinajstić information content (AvgIpc) is 2.42. The van der Waals surface area contributed by atoms with E-state index in [1.165, 1.54) is 0 Å². The Morgan fingerprint density at radius 1 is 1.05 bits per heavy atom. The molecule has 0 unspecified atom stereocenters. The molecule has 0 spiro atoms. The van der Waals surface area contributed by atoms with Crippen LogP contribution in [0.5, 0.6) is 0 Å². The Morgan fingerprint density at radius 3 is 1.79 bits per heavy atom. The van der Waals surface area contributed by atoms with Gasteiger partial charge in [-0.1, -0.05) is 27.7 Å². The van der Waals surface area contributed by atoms with Crippen LogP contribution in [0.1, 0.15) is 53.4 Å². The molecule has 0 atom stereocenters. The molecular weight excluding hydrogens is 244 g/mol. The molecule has 0 fully saturated rings. The predicted octanol–water partition coefficient (Wildman–Crippen LogP) is 1.41. The van der Waals surface area contributed by atoms with Crippen LogP contribution in [0.15, 0.2) is 0 Å². The first-order valence-electron chi connectivity index (χ1n) is 6.66. The highest BCUT2D eigenvalue weighted by molar-refractivity contribution is 5.90. The first kappa shape index (κ1) is 17.2. The Balaban J connectivity index is 4.96. The summed E-state index contributed by atoms with van der Waals surface area (Å²) >= 11 is 0. The summed E-state index contributed by atoms with van der Waals surface area (Å²) in [5.41, 5.74) is 3.39. The van der Waals surface area contributed by atoms with Gasteiger partial charge in [0.2, 0.25) is 5.91 Å². The summed E-state index contributed by atoms with van der Waals surface area (Å²) in [6.45, 7) is 7.22. The summed E-state index contributed by atoms with van der Waals surface area (Å²) in [7, 11) is 0. The molecule has 0 aliphatic carbocycles. The monoisotopic (exact) mass is 268 g/mol. The van der Waals surface area contributed by atoms with E-state index in [0.29, 0.717) is 25.7 Å². The molecule has 4 N–H and O–H groups in total. The van der Waals surface area contributed by atoms with Crippen LogP contribution in [0.3, 0.4) is 0 Å². The van der Waals surface area contributed by atoms with Crippen molar-refractivity contribution in [1.82, 2.24) is 10.6 Å². The van der Waals surface area contributed by atoms with Crippen molar-refractivity contribution < 1.29 is 9.59 Å². The molecule has 108 valence electrons. The van der Waals surface area contributed by atoms with Gasteiger partial charge in [0.1, 0.15) is 11.1 Å². The number of hydrogen-bond donors (Lipinski definition) is 3. The Hall–Kier alpha value is -1.77. The third-order valence-corrected chi connectivity index (χ3v) is 3.81. The van der Waals surface area contributed by atoms with Gasteiger partial charge in [-0.2, -0.15) is 5.26 Å². The normalized spacial score (nSPS) is 11.5. The van der Waals surface area contributed by atoms with Crippen molar-refractivity contribution in [2.24, 2.45) is 5.73 Å². The Bertz CT molecular complexity index is 365. The number of rotatable bonds is 7. The maximum Gasteiger partial charge on any atom is 0.316 e. The zero-order valence-corrected chi connectivity index (χ0v) is 12.2. The zero-order chi connectivity index (χ0) is 15.1. The smallest absolute Gasteiger partial charge is 0.316 e. The molecule has 0 heterocycles. The van der Waals surface area contributed by atoms with Crippen LogP contribution < -0.4 is 16.4 Å². The molecule has 0 aromatic carbocycles. The second-order valence-corrected chi connectivity index (χ2v) is 4.63. The predicted molar refractivity (Wildman–Crippen MR) is 73.1 cm³/mol. The third-order valence-electron chi connectivity index (χ3n) is 3.81. The highest BCUT2D eigenvalue weighted by atomic mass is 16.2. The van der Waals surface area contributed by atoms with E-state index in [4.69, 9.17) is 11.0 Å². The van der Waals surface area contributed by atoms with Gasteiger partial charge < -0.3 is 16.4 Å². The molecule has 0 radical (unpaired) electrons. The number of nitriles is 1. The minimum atomic E-state index is -1.06. The molecule has 0 aromatic rings. The number of urea groups is 1. The molecule has 0 saturated carbocycles. The standard InChI is InChI=1S/C13H24N4O2/c1-5-12(6-2,9-14)16-11(19)17-13(7-3,8-4)10(15)18/h5-8H2,1-4H3,(H2,15,18)(H2,16,17,19). The molecule has 0 aromatic heterocycles. The number of nitrogens with zero attached hydrogens (tertiary/aromatic N) is 1. The molecule has 0 aliphatic rings. The van der Waals surface area contributed by atoms with Crippen LogP contribution in [0.25, 0.3) is 0 Å². The molecule has 19 heavy (non-hydrogen) atoms. The van der Waals surface area contributed by atoms with Crippen LogP contribution in [0.2, 0.25) is 0 Å². The minimum Gasteiger partial charge on any atom is -0.368 e. The fraction of sp³-hybridized carbons (Fsp3) is 0.769. The molecule has 3 amide bonds. The van der Waals surface area contributed by atoms with Crippen molar-refractivity contribution in [2.45, 2.75) is 64.5 Å². The molecule has 6 heteroatoms. The lowest BCUT2D eigenvalue weighted by Gasteiger charge is -2.32. The van der Waals surface area contributed by atoms with Gasteiger partial charge in [0.05, 0.1) is 6.07 Å². The number of primary amides is 1. The topological polar surface area (TPSA) is 108 Å². The van der Waals surface area contributed by atoms with Crippen LogP contribution >= 0.6 is 0 Å². The summed E-state index contributed by atoms with van der Waals surface area (Å²) in [5.74, 6) is -0.566. The Morgan fingerprint density at radius 2 is 1.53 bits per heavy atom. The molecule has 0 bridgehead atoms. The average molecular weight is 268 g/mol. The lowest BCUT2D eigenvalue weighted by molar-refractivity contribution is -0.124. The van der Waals surface area contributed by atoms with Gasteiger partial charge in [0, 0.05) is 0 Å². The number of hydrogen-bond acceptors (Lipinski definition) is 3. The summed E-state index contributed by atoms with van der Waals surface area (Å²) in [5, 5.41) is 14.4. The van der Waals surface area contributed by atoms with Crippen molar-refractivity contribution in [3.05, 3.63) is 0 Å². The van der Waals surface area contributed by atoms with E-state index in [0.717, 1.165) is 0 Å². The number of carbonyl (C=O) groups is 2. The SMILES string of the molecule is CCC(C#N)(CC)NC(=O)NC(CC)(CC)C(N)=O. The number of carbonyl (C=O) groups excluding carboxylic acids is 2. The summed E-state index contributed by atoms with van der Waals surface area (Å²) in [4.78, 5) is 23.5. The first-order chi connectivity index (χ1) is 8.85. The number of nitrogens with two attached hydrogens (primary N) is 1. The van der Waals surface area contributed by atoms with Gasteiger partial charge in [-0.3, -0.25) is 4.79 Å². The Labute approximate surface area is 114 Å². The van der Waals surface area contributed by atoms with Crippen molar-refractivity contribution in [3.63, 3.8) is 0 Å². The fourth-order valence-corrected chi connectivity index (χ4v) is 1.92. The number of amides is 3. The van der Waals surface area contributed by atoms with Gasteiger partial charge in [-0.25, -0.2) is 4.79 Å². The lowest BCUT2D eigenvalue weighted by atomic mass is 9.91. The third kappa shape index (κ3) is 3.85. The van der Waals surface area contributed by atoms with Crippen molar-refractivity contribution in [3.8, 4) is 6.07 Å². The van der Waals surface area contributed by atoms with E-state index < -0.39 is 23.0 Å².